The first-order valence-corrected chi connectivity index (χ1v) is 5.86. The summed E-state index contributed by atoms with van der Waals surface area (Å²) < 4.78 is 0. The molecule has 0 saturated heterocycles. The van der Waals surface area contributed by atoms with E-state index in [2.05, 4.69) is 11.8 Å². The average molecular weight is 230 g/mol. The lowest BCUT2D eigenvalue weighted by Crippen LogP contribution is -2.26. The fourth-order valence-electron chi connectivity index (χ4n) is 1.69. The van der Waals surface area contributed by atoms with E-state index in [0.717, 1.165) is 12.0 Å². The molecule has 1 rings (SSSR count). The van der Waals surface area contributed by atoms with Crippen LogP contribution in [0.4, 0.5) is 0 Å². The van der Waals surface area contributed by atoms with Gasteiger partial charge in [0, 0.05) is 12.0 Å². The molecule has 1 aromatic rings. The first kappa shape index (κ1) is 13.3. The SMILES string of the molecule is CCCC(C)(CC#Cc1ccccc1)C(=O)O. The number of carboxylic acid groups (broad SMARTS) is 1. The second-order valence-electron chi connectivity index (χ2n) is 4.46. The first-order chi connectivity index (χ1) is 8.08. The minimum atomic E-state index is -0.762. The van der Waals surface area contributed by atoms with Gasteiger partial charge in [0.25, 0.3) is 0 Å². The highest BCUT2D eigenvalue weighted by atomic mass is 16.4. The molecule has 0 bridgehead atoms. The summed E-state index contributed by atoms with van der Waals surface area (Å²) in [5.74, 6) is 5.22. The number of rotatable bonds is 4. The monoisotopic (exact) mass is 230 g/mol. The zero-order valence-electron chi connectivity index (χ0n) is 10.4. The lowest BCUT2D eigenvalue weighted by atomic mass is 9.82. The maximum atomic E-state index is 11.2. The summed E-state index contributed by atoms with van der Waals surface area (Å²) in [4.78, 5) is 11.2. The van der Waals surface area contributed by atoms with Gasteiger partial charge in [0.2, 0.25) is 0 Å². The van der Waals surface area contributed by atoms with Crippen molar-refractivity contribution in [3.63, 3.8) is 0 Å². The van der Waals surface area contributed by atoms with Crippen LogP contribution in [0.2, 0.25) is 0 Å². The summed E-state index contributed by atoms with van der Waals surface area (Å²) >= 11 is 0. The van der Waals surface area contributed by atoms with Gasteiger partial charge in [-0.3, -0.25) is 4.79 Å². The number of benzene rings is 1. The van der Waals surface area contributed by atoms with Crippen LogP contribution in [-0.2, 0) is 4.79 Å². The Morgan fingerprint density at radius 1 is 1.35 bits per heavy atom. The highest BCUT2D eigenvalue weighted by Crippen LogP contribution is 2.27. The number of aliphatic carboxylic acids is 1. The van der Waals surface area contributed by atoms with E-state index in [9.17, 15) is 9.90 Å². The van der Waals surface area contributed by atoms with E-state index >= 15 is 0 Å². The molecular weight excluding hydrogens is 212 g/mol. The maximum Gasteiger partial charge on any atom is 0.310 e. The second kappa shape index (κ2) is 6.10. The predicted octanol–water partition coefficient (Wildman–Crippen LogP) is 3.32. The molecule has 1 unspecified atom stereocenters. The Hall–Kier alpha value is -1.75. The largest absolute Gasteiger partial charge is 0.481 e. The van der Waals surface area contributed by atoms with E-state index in [4.69, 9.17) is 0 Å². The molecule has 1 atom stereocenters. The van der Waals surface area contributed by atoms with Crippen molar-refractivity contribution in [1.82, 2.24) is 0 Å². The molecule has 17 heavy (non-hydrogen) atoms. The molecule has 0 aliphatic carbocycles. The molecule has 2 heteroatoms. The fraction of sp³-hybridized carbons (Fsp3) is 0.400. The molecule has 0 amide bonds. The van der Waals surface area contributed by atoms with Gasteiger partial charge in [0.05, 0.1) is 5.41 Å². The average Bonchev–Trinajstić information content (AvgIpc) is 2.30. The third kappa shape index (κ3) is 3.96. The summed E-state index contributed by atoms with van der Waals surface area (Å²) in [5.41, 5.74) is 0.202. The van der Waals surface area contributed by atoms with E-state index in [-0.39, 0.29) is 0 Å². The molecule has 0 aliphatic heterocycles. The minimum Gasteiger partial charge on any atom is -0.481 e. The van der Waals surface area contributed by atoms with Gasteiger partial charge in [-0.1, -0.05) is 43.4 Å². The molecule has 0 saturated carbocycles. The van der Waals surface area contributed by atoms with Crippen LogP contribution in [-0.4, -0.2) is 11.1 Å². The van der Waals surface area contributed by atoms with Crippen LogP contribution < -0.4 is 0 Å². The van der Waals surface area contributed by atoms with Gasteiger partial charge >= 0.3 is 5.97 Å². The summed E-state index contributed by atoms with van der Waals surface area (Å²) in [6.45, 7) is 3.75. The topological polar surface area (TPSA) is 37.3 Å². The van der Waals surface area contributed by atoms with Crippen molar-refractivity contribution < 1.29 is 9.90 Å². The minimum absolute atomic E-state index is 0.394. The molecule has 1 N–H and O–H groups in total. The van der Waals surface area contributed by atoms with Crippen LogP contribution in [0.25, 0.3) is 0 Å². The second-order valence-corrected chi connectivity index (χ2v) is 4.46. The van der Waals surface area contributed by atoms with Crippen molar-refractivity contribution in [1.29, 1.82) is 0 Å². The molecule has 2 nitrogen and oxygen atoms in total. The van der Waals surface area contributed by atoms with E-state index in [1.54, 1.807) is 6.92 Å². The number of hydrogen-bond acceptors (Lipinski definition) is 1. The first-order valence-electron chi connectivity index (χ1n) is 5.86. The van der Waals surface area contributed by atoms with Crippen LogP contribution in [0.15, 0.2) is 30.3 Å². The van der Waals surface area contributed by atoms with Crippen molar-refractivity contribution in [2.75, 3.05) is 0 Å². The van der Waals surface area contributed by atoms with Gasteiger partial charge in [-0.25, -0.2) is 0 Å². The van der Waals surface area contributed by atoms with E-state index in [0.29, 0.717) is 12.8 Å². The van der Waals surface area contributed by atoms with E-state index < -0.39 is 11.4 Å². The Bertz CT molecular complexity index is 425. The van der Waals surface area contributed by atoms with Crippen LogP contribution in [0.1, 0.15) is 38.7 Å². The lowest BCUT2D eigenvalue weighted by Gasteiger charge is -2.20. The van der Waals surface area contributed by atoms with Crippen molar-refractivity contribution in [3.8, 4) is 11.8 Å². The molecule has 0 fully saturated rings. The summed E-state index contributed by atoms with van der Waals surface area (Å²) in [6.07, 6.45) is 1.91. The van der Waals surface area contributed by atoms with Gasteiger partial charge in [0.1, 0.15) is 0 Å². The number of hydrogen-bond donors (Lipinski definition) is 1. The van der Waals surface area contributed by atoms with Crippen LogP contribution in [0, 0.1) is 17.3 Å². The maximum absolute atomic E-state index is 11.2. The van der Waals surface area contributed by atoms with Gasteiger partial charge in [-0.05, 0) is 25.5 Å². The highest BCUT2D eigenvalue weighted by molar-refractivity contribution is 5.74. The van der Waals surface area contributed by atoms with Crippen molar-refractivity contribution >= 4 is 5.97 Å². The molecular formula is C15H18O2. The molecule has 90 valence electrons. The Morgan fingerprint density at radius 2 is 2.00 bits per heavy atom. The lowest BCUT2D eigenvalue weighted by molar-refractivity contribution is -0.148. The molecule has 0 aliphatic rings. The Labute approximate surface area is 103 Å². The molecule has 0 radical (unpaired) electrons. The molecule has 1 aromatic carbocycles. The molecule has 0 aromatic heterocycles. The van der Waals surface area contributed by atoms with E-state index in [1.807, 2.05) is 37.3 Å². The van der Waals surface area contributed by atoms with E-state index in [1.165, 1.54) is 0 Å². The third-order valence-electron chi connectivity index (χ3n) is 2.80. The van der Waals surface area contributed by atoms with Gasteiger partial charge in [0.15, 0.2) is 0 Å². The van der Waals surface area contributed by atoms with Crippen LogP contribution >= 0.6 is 0 Å². The normalized spacial score (nSPS) is 13.3. The summed E-state index contributed by atoms with van der Waals surface area (Å²) in [5, 5.41) is 9.19. The number of carbonyl (C=O) groups is 1. The van der Waals surface area contributed by atoms with Gasteiger partial charge in [-0.2, -0.15) is 0 Å². The quantitative estimate of drug-likeness (QED) is 0.806. The van der Waals surface area contributed by atoms with Crippen LogP contribution in [0.3, 0.4) is 0 Å². The van der Waals surface area contributed by atoms with Gasteiger partial charge < -0.3 is 5.11 Å². The number of carboxylic acids is 1. The zero-order chi connectivity index (χ0) is 12.7. The molecule has 0 spiro atoms. The van der Waals surface area contributed by atoms with Gasteiger partial charge in [-0.15, -0.1) is 0 Å². The highest BCUT2D eigenvalue weighted by Gasteiger charge is 2.30. The smallest absolute Gasteiger partial charge is 0.310 e. The predicted molar refractivity (Wildman–Crippen MR) is 68.6 cm³/mol. The van der Waals surface area contributed by atoms with Crippen molar-refractivity contribution in [2.45, 2.75) is 33.1 Å². The Kier molecular flexibility index (Phi) is 4.78. The Morgan fingerprint density at radius 3 is 2.53 bits per heavy atom. The van der Waals surface area contributed by atoms with Crippen molar-refractivity contribution in [2.24, 2.45) is 5.41 Å². The standard InChI is InChI=1S/C15H18O2/c1-3-11-15(2,14(16)17)12-7-10-13-8-5-4-6-9-13/h4-6,8-9H,3,11-12H2,1-2H3,(H,16,17). The fourth-order valence-corrected chi connectivity index (χ4v) is 1.69. The molecule has 0 heterocycles. The third-order valence-corrected chi connectivity index (χ3v) is 2.80. The Balaban J connectivity index is 2.71. The van der Waals surface area contributed by atoms with Crippen molar-refractivity contribution in [3.05, 3.63) is 35.9 Å². The summed E-state index contributed by atoms with van der Waals surface area (Å²) in [7, 11) is 0. The van der Waals surface area contributed by atoms with Crippen LogP contribution in [0.5, 0.6) is 0 Å². The zero-order valence-corrected chi connectivity index (χ0v) is 10.4. The summed E-state index contributed by atoms with van der Waals surface area (Å²) in [6, 6.07) is 9.62.